The lowest BCUT2D eigenvalue weighted by molar-refractivity contribution is 0.437. The molecule has 0 aliphatic carbocycles. The van der Waals surface area contributed by atoms with Crippen LogP contribution in [0.3, 0.4) is 0 Å². The number of halogens is 4. The van der Waals surface area contributed by atoms with Crippen LogP contribution in [0.25, 0.3) is 0 Å². The molecule has 0 saturated carbocycles. The lowest BCUT2D eigenvalue weighted by Gasteiger charge is -2.05. The third-order valence-electron chi connectivity index (χ3n) is 1.98. The molecule has 0 N–H and O–H groups in total. The molecule has 0 amide bonds. The topological polar surface area (TPSA) is 0 Å². The van der Waals surface area contributed by atoms with Crippen molar-refractivity contribution in [3.8, 4) is 0 Å². The molecule has 0 saturated heterocycles. The molecule has 0 heterocycles. The van der Waals surface area contributed by atoms with Gasteiger partial charge >= 0.3 is 0 Å². The van der Waals surface area contributed by atoms with Crippen molar-refractivity contribution in [1.82, 2.24) is 0 Å². The SMILES string of the molecule is CCCCc1c(F)c(F)cc(F)c1F. The van der Waals surface area contributed by atoms with Gasteiger partial charge in [-0.1, -0.05) is 13.3 Å². The van der Waals surface area contributed by atoms with E-state index in [-0.39, 0.29) is 12.5 Å². The second-order valence-electron chi connectivity index (χ2n) is 3.05. The fourth-order valence-electron chi connectivity index (χ4n) is 1.20. The summed E-state index contributed by atoms with van der Waals surface area (Å²) in [6, 6.07) is 0.222. The molecule has 0 spiro atoms. The molecule has 0 unspecified atom stereocenters. The van der Waals surface area contributed by atoms with Crippen molar-refractivity contribution >= 4 is 0 Å². The molecule has 0 radical (unpaired) electrons. The Hall–Kier alpha value is -1.06. The van der Waals surface area contributed by atoms with E-state index in [4.69, 9.17) is 0 Å². The van der Waals surface area contributed by atoms with Crippen LogP contribution in [0.1, 0.15) is 25.3 Å². The molecule has 1 rings (SSSR count). The third kappa shape index (κ3) is 2.05. The molecule has 1 aromatic carbocycles. The van der Waals surface area contributed by atoms with E-state index in [0.717, 1.165) is 0 Å². The van der Waals surface area contributed by atoms with Crippen LogP contribution < -0.4 is 0 Å². The van der Waals surface area contributed by atoms with Crippen molar-refractivity contribution < 1.29 is 17.6 Å². The van der Waals surface area contributed by atoms with E-state index in [1.54, 1.807) is 0 Å². The fraction of sp³-hybridized carbons (Fsp3) is 0.400. The Balaban J connectivity index is 3.11. The molecule has 14 heavy (non-hydrogen) atoms. The van der Waals surface area contributed by atoms with Gasteiger partial charge in [0, 0.05) is 11.6 Å². The van der Waals surface area contributed by atoms with Crippen LogP contribution in [0.15, 0.2) is 6.07 Å². The van der Waals surface area contributed by atoms with Crippen LogP contribution in [-0.2, 0) is 6.42 Å². The first-order chi connectivity index (χ1) is 6.57. The van der Waals surface area contributed by atoms with Crippen molar-refractivity contribution in [2.45, 2.75) is 26.2 Å². The Labute approximate surface area is 79.6 Å². The largest absolute Gasteiger partial charge is 0.204 e. The molecular formula is C10H10F4. The monoisotopic (exact) mass is 206 g/mol. The first kappa shape index (κ1) is 11.0. The zero-order valence-electron chi connectivity index (χ0n) is 7.71. The van der Waals surface area contributed by atoms with Crippen molar-refractivity contribution in [3.63, 3.8) is 0 Å². The summed E-state index contributed by atoms with van der Waals surface area (Å²) >= 11 is 0. The highest BCUT2D eigenvalue weighted by atomic mass is 19.2. The van der Waals surface area contributed by atoms with Gasteiger partial charge in [0.25, 0.3) is 0 Å². The Morgan fingerprint density at radius 1 is 1.00 bits per heavy atom. The lowest BCUT2D eigenvalue weighted by atomic mass is 10.1. The van der Waals surface area contributed by atoms with Gasteiger partial charge in [-0.2, -0.15) is 0 Å². The molecule has 0 aliphatic heterocycles. The smallest absolute Gasteiger partial charge is 0.165 e. The molecular weight excluding hydrogens is 196 g/mol. The summed E-state index contributed by atoms with van der Waals surface area (Å²) in [5.74, 6) is -5.24. The van der Waals surface area contributed by atoms with Crippen LogP contribution >= 0.6 is 0 Å². The second kappa shape index (κ2) is 4.44. The van der Waals surface area contributed by atoms with Crippen LogP contribution in [0.4, 0.5) is 17.6 Å². The second-order valence-corrected chi connectivity index (χ2v) is 3.05. The Morgan fingerprint density at radius 2 is 1.50 bits per heavy atom. The van der Waals surface area contributed by atoms with E-state index < -0.39 is 28.8 Å². The maximum Gasteiger partial charge on any atom is 0.165 e. The standard InChI is InChI=1S/C10H10F4/c1-2-3-4-6-9(13)7(11)5-8(12)10(6)14/h5H,2-4H2,1H3. The van der Waals surface area contributed by atoms with Gasteiger partial charge in [0.05, 0.1) is 0 Å². The van der Waals surface area contributed by atoms with Crippen molar-refractivity contribution in [2.24, 2.45) is 0 Å². The molecule has 0 bridgehead atoms. The normalized spacial score (nSPS) is 10.6. The van der Waals surface area contributed by atoms with Gasteiger partial charge in [-0.25, -0.2) is 17.6 Å². The summed E-state index contributed by atoms with van der Waals surface area (Å²) < 4.78 is 51.3. The van der Waals surface area contributed by atoms with Crippen molar-refractivity contribution in [1.29, 1.82) is 0 Å². The molecule has 0 aliphatic rings. The Bertz CT molecular complexity index is 307. The minimum absolute atomic E-state index is 0.0167. The Morgan fingerprint density at radius 3 is 1.93 bits per heavy atom. The van der Waals surface area contributed by atoms with Crippen molar-refractivity contribution in [2.75, 3.05) is 0 Å². The summed E-state index contributed by atoms with van der Waals surface area (Å²) in [5.41, 5.74) is -0.496. The Kier molecular flexibility index (Phi) is 3.49. The van der Waals surface area contributed by atoms with Gasteiger partial charge in [0.2, 0.25) is 0 Å². The summed E-state index contributed by atoms with van der Waals surface area (Å²) in [6.07, 6.45) is 1.22. The van der Waals surface area contributed by atoms with Crippen LogP contribution in [-0.4, -0.2) is 0 Å². The first-order valence-corrected chi connectivity index (χ1v) is 4.39. The first-order valence-electron chi connectivity index (χ1n) is 4.39. The predicted octanol–water partition coefficient (Wildman–Crippen LogP) is 3.59. The van der Waals surface area contributed by atoms with Gasteiger partial charge in [-0.15, -0.1) is 0 Å². The molecule has 78 valence electrons. The average molecular weight is 206 g/mol. The highest BCUT2D eigenvalue weighted by Crippen LogP contribution is 2.20. The molecule has 0 fully saturated rings. The average Bonchev–Trinajstić information content (AvgIpc) is 2.15. The fourth-order valence-corrected chi connectivity index (χ4v) is 1.20. The van der Waals surface area contributed by atoms with E-state index >= 15 is 0 Å². The summed E-state index contributed by atoms with van der Waals surface area (Å²) in [6.45, 7) is 1.82. The molecule has 0 nitrogen and oxygen atoms in total. The van der Waals surface area contributed by atoms with E-state index in [2.05, 4.69) is 0 Å². The van der Waals surface area contributed by atoms with E-state index in [1.807, 2.05) is 6.92 Å². The number of unbranched alkanes of at least 4 members (excludes halogenated alkanes) is 1. The van der Waals surface area contributed by atoms with Crippen LogP contribution in [0.2, 0.25) is 0 Å². The molecule has 0 aromatic heterocycles. The minimum Gasteiger partial charge on any atom is -0.204 e. The van der Waals surface area contributed by atoms with E-state index in [1.165, 1.54) is 0 Å². The van der Waals surface area contributed by atoms with Crippen LogP contribution in [0, 0.1) is 23.3 Å². The number of rotatable bonds is 3. The van der Waals surface area contributed by atoms with Gasteiger partial charge in [0.15, 0.2) is 23.3 Å². The van der Waals surface area contributed by atoms with Crippen LogP contribution in [0.5, 0.6) is 0 Å². The molecule has 1 aromatic rings. The maximum absolute atomic E-state index is 13.0. The van der Waals surface area contributed by atoms with E-state index in [9.17, 15) is 17.6 Å². The quantitative estimate of drug-likeness (QED) is 0.523. The third-order valence-corrected chi connectivity index (χ3v) is 1.98. The number of hydrogen-bond acceptors (Lipinski definition) is 0. The predicted molar refractivity (Wildman–Crippen MR) is 44.9 cm³/mol. The van der Waals surface area contributed by atoms with Gasteiger partial charge in [-0.05, 0) is 12.8 Å². The maximum atomic E-state index is 13.0. The summed E-state index contributed by atoms with van der Waals surface area (Å²) in [4.78, 5) is 0. The van der Waals surface area contributed by atoms with E-state index in [0.29, 0.717) is 12.8 Å². The molecule has 0 atom stereocenters. The van der Waals surface area contributed by atoms with Crippen molar-refractivity contribution in [3.05, 3.63) is 34.9 Å². The van der Waals surface area contributed by atoms with Gasteiger partial charge in [0.1, 0.15) is 0 Å². The number of benzene rings is 1. The van der Waals surface area contributed by atoms with Gasteiger partial charge in [-0.3, -0.25) is 0 Å². The molecule has 4 heteroatoms. The number of hydrogen-bond donors (Lipinski definition) is 0. The zero-order chi connectivity index (χ0) is 10.7. The highest BCUT2D eigenvalue weighted by Gasteiger charge is 2.17. The summed E-state index contributed by atoms with van der Waals surface area (Å²) in [5, 5.41) is 0. The lowest BCUT2D eigenvalue weighted by Crippen LogP contribution is -2.02. The summed E-state index contributed by atoms with van der Waals surface area (Å²) in [7, 11) is 0. The van der Waals surface area contributed by atoms with Gasteiger partial charge < -0.3 is 0 Å². The zero-order valence-corrected chi connectivity index (χ0v) is 7.71. The minimum atomic E-state index is -1.34. The highest BCUT2D eigenvalue weighted by molar-refractivity contribution is 5.22.